The summed E-state index contributed by atoms with van der Waals surface area (Å²) in [5, 5.41) is 5.92. The van der Waals surface area contributed by atoms with Crippen LogP contribution in [0.4, 0.5) is 0 Å². The zero-order chi connectivity index (χ0) is 12.3. The van der Waals surface area contributed by atoms with Gasteiger partial charge in [0.1, 0.15) is 0 Å². The second-order valence-electron chi connectivity index (χ2n) is 4.34. The van der Waals surface area contributed by atoms with Crippen molar-refractivity contribution in [2.24, 2.45) is 5.73 Å². The number of hydrogen-bond donors (Lipinski definition) is 2. The van der Waals surface area contributed by atoms with Crippen LogP contribution in [0.2, 0.25) is 0 Å². The van der Waals surface area contributed by atoms with Crippen molar-refractivity contribution in [1.82, 2.24) is 5.32 Å². The predicted molar refractivity (Wildman–Crippen MR) is 77.0 cm³/mol. The first-order valence-corrected chi connectivity index (χ1v) is 6.60. The molecule has 0 saturated heterocycles. The van der Waals surface area contributed by atoms with Gasteiger partial charge in [0, 0.05) is 23.6 Å². The van der Waals surface area contributed by atoms with Gasteiger partial charge in [-0.2, -0.15) is 0 Å². The fourth-order valence-corrected chi connectivity index (χ4v) is 2.13. The van der Waals surface area contributed by atoms with Crippen LogP contribution in [-0.2, 0) is 6.54 Å². The van der Waals surface area contributed by atoms with E-state index in [1.54, 1.807) is 0 Å². The summed E-state index contributed by atoms with van der Waals surface area (Å²) in [5.41, 5.74) is 6.87. The van der Waals surface area contributed by atoms with Crippen molar-refractivity contribution < 1.29 is 0 Å². The highest BCUT2D eigenvalue weighted by Gasteiger charge is 2.00. The highest BCUT2D eigenvalue weighted by Crippen LogP contribution is 2.20. The summed E-state index contributed by atoms with van der Waals surface area (Å²) in [6.45, 7) is 3.63. The molecule has 17 heavy (non-hydrogen) atoms. The fourth-order valence-electron chi connectivity index (χ4n) is 1.75. The Balaban J connectivity index is 2.17. The van der Waals surface area contributed by atoms with Gasteiger partial charge < -0.3 is 11.1 Å². The number of halogens is 1. The first-order chi connectivity index (χ1) is 8.19. The first-order valence-electron chi connectivity index (χ1n) is 5.80. The molecule has 1 atom stereocenters. The van der Waals surface area contributed by atoms with E-state index in [0.29, 0.717) is 12.6 Å². The van der Waals surface area contributed by atoms with E-state index in [1.807, 2.05) is 0 Å². The molecule has 0 bridgehead atoms. The van der Waals surface area contributed by atoms with Gasteiger partial charge in [-0.05, 0) is 41.5 Å². The molecule has 2 aromatic carbocycles. The van der Waals surface area contributed by atoms with Crippen molar-refractivity contribution in [3.63, 3.8) is 0 Å². The van der Waals surface area contributed by atoms with Crippen LogP contribution in [0.15, 0.2) is 40.9 Å². The maximum absolute atomic E-state index is 5.58. The molecule has 0 aliphatic rings. The molecule has 0 fully saturated rings. The van der Waals surface area contributed by atoms with Crippen LogP contribution in [0, 0.1) is 0 Å². The van der Waals surface area contributed by atoms with Crippen molar-refractivity contribution in [1.29, 1.82) is 0 Å². The normalized spacial score (nSPS) is 12.9. The number of hydrogen-bond acceptors (Lipinski definition) is 2. The minimum Gasteiger partial charge on any atom is -0.329 e. The van der Waals surface area contributed by atoms with Crippen LogP contribution in [0.5, 0.6) is 0 Å². The van der Waals surface area contributed by atoms with Gasteiger partial charge in [-0.1, -0.05) is 34.1 Å². The Kier molecular flexibility index (Phi) is 4.15. The van der Waals surface area contributed by atoms with Gasteiger partial charge >= 0.3 is 0 Å². The van der Waals surface area contributed by atoms with Crippen molar-refractivity contribution in [3.8, 4) is 0 Å². The van der Waals surface area contributed by atoms with Gasteiger partial charge in [-0.25, -0.2) is 0 Å². The molecule has 0 aromatic heterocycles. The molecule has 3 N–H and O–H groups in total. The lowest BCUT2D eigenvalue weighted by Gasteiger charge is -2.11. The fraction of sp³-hybridized carbons (Fsp3) is 0.286. The average Bonchev–Trinajstić information content (AvgIpc) is 2.35. The number of rotatable bonds is 4. The van der Waals surface area contributed by atoms with Crippen LogP contribution in [0.25, 0.3) is 10.8 Å². The van der Waals surface area contributed by atoms with Crippen molar-refractivity contribution in [2.45, 2.75) is 19.5 Å². The zero-order valence-electron chi connectivity index (χ0n) is 9.91. The smallest absolute Gasteiger partial charge is 0.0208 e. The molecule has 0 radical (unpaired) electrons. The number of nitrogens with two attached hydrogens (primary N) is 1. The molecule has 0 aliphatic heterocycles. The second kappa shape index (κ2) is 5.63. The molecule has 90 valence electrons. The van der Waals surface area contributed by atoms with Crippen LogP contribution in [0.1, 0.15) is 12.5 Å². The molecular formula is C14H17BrN2. The van der Waals surface area contributed by atoms with E-state index < -0.39 is 0 Å². The van der Waals surface area contributed by atoms with E-state index in [0.717, 1.165) is 11.0 Å². The van der Waals surface area contributed by atoms with Gasteiger partial charge in [-0.3, -0.25) is 0 Å². The molecule has 0 saturated carbocycles. The van der Waals surface area contributed by atoms with E-state index in [2.05, 4.69) is 64.6 Å². The zero-order valence-corrected chi connectivity index (χ0v) is 11.5. The summed E-state index contributed by atoms with van der Waals surface area (Å²) in [5.74, 6) is 0. The Morgan fingerprint density at radius 3 is 2.65 bits per heavy atom. The van der Waals surface area contributed by atoms with Gasteiger partial charge in [0.05, 0.1) is 0 Å². The SMILES string of the molecule is CC(CN)NCc1ccc2cc(Br)ccc2c1. The summed E-state index contributed by atoms with van der Waals surface area (Å²) < 4.78 is 1.12. The van der Waals surface area contributed by atoms with Crippen molar-refractivity contribution in [3.05, 3.63) is 46.4 Å². The van der Waals surface area contributed by atoms with Crippen LogP contribution >= 0.6 is 15.9 Å². The Morgan fingerprint density at radius 2 is 1.88 bits per heavy atom. The van der Waals surface area contributed by atoms with E-state index >= 15 is 0 Å². The largest absolute Gasteiger partial charge is 0.329 e. The third-order valence-electron chi connectivity index (χ3n) is 2.87. The number of nitrogens with one attached hydrogen (secondary N) is 1. The number of benzene rings is 2. The summed E-state index contributed by atoms with van der Waals surface area (Å²) in [4.78, 5) is 0. The first kappa shape index (κ1) is 12.6. The lowest BCUT2D eigenvalue weighted by atomic mass is 10.1. The molecular weight excluding hydrogens is 276 g/mol. The Bertz CT molecular complexity index is 511. The molecule has 3 heteroatoms. The third kappa shape index (κ3) is 3.28. The standard InChI is InChI=1S/C14H17BrN2/c1-10(8-16)17-9-11-2-3-13-7-14(15)5-4-12(13)6-11/h2-7,10,17H,8-9,16H2,1H3. The minimum absolute atomic E-state index is 0.357. The monoisotopic (exact) mass is 292 g/mol. The lowest BCUT2D eigenvalue weighted by molar-refractivity contribution is 0.556. The van der Waals surface area contributed by atoms with Gasteiger partial charge in [0.25, 0.3) is 0 Å². The maximum atomic E-state index is 5.58. The highest BCUT2D eigenvalue weighted by atomic mass is 79.9. The van der Waals surface area contributed by atoms with E-state index in [9.17, 15) is 0 Å². The van der Waals surface area contributed by atoms with E-state index in [1.165, 1.54) is 16.3 Å². The molecule has 0 spiro atoms. The summed E-state index contributed by atoms with van der Waals surface area (Å²) in [6, 6.07) is 13.2. The third-order valence-corrected chi connectivity index (χ3v) is 3.37. The summed E-state index contributed by atoms with van der Waals surface area (Å²) in [6.07, 6.45) is 0. The summed E-state index contributed by atoms with van der Waals surface area (Å²) in [7, 11) is 0. The topological polar surface area (TPSA) is 38.0 Å². The van der Waals surface area contributed by atoms with Crippen LogP contribution in [-0.4, -0.2) is 12.6 Å². The summed E-state index contributed by atoms with van der Waals surface area (Å²) >= 11 is 3.48. The number of fused-ring (bicyclic) bond motifs is 1. The minimum atomic E-state index is 0.357. The van der Waals surface area contributed by atoms with E-state index in [-0.39, 0.29) is 0 Å². The molecule has 0 aliphatic carbocycles. The van der Waals surface area contributed by atoms with Crippen molar-refractivity contribution in [2.75, 3.05) is 6.54 Å². The molecule has 1 unspecified atom stereocenters. The van der Waals surface area contributed by atoms with E-state index in [4.69, 9.17) is 5.73 Å². The molecule has 0 amide bonds. The van der Waals surface area contributed by atoms with Gasteiger partial charge in [0.2, 0.25) is 0 Å². The lowest BCUT2D eigenvalue weighted by Crippen LogP contribution is -2.32. The van der Waals surface area contributed by atoms with Crippen LogP contribution in [0.3, 0.4) is 0 Å². The second-order valence-corrected chi connectivity index (χ2v) is 5.26. The molecule has 2 aromatic rings. The van der Waals surface area contributed by atoms with Crippen LogP contribution < -0.4 is 11.1 Å². The highest BCUT2D eigenvalue weighted by molar-refractivity contribution is 9.10. The van der Waals surface area contributed by atoms with Crippen molar-refractivity contribution >= 4 is 26.7 Å². The predicted octanol–water partition coefficient (Wildman–Crippen LogP) is 3.04. The quantitative estimate of drug-likeness (QED) is 0.909. The molecule has 0 heterocycles. The molecule has 2 rings (SSSR count). The Morgan fingerprint density at radius 1 is 1.18 bits per heavy atom. The Labute approximate surface area is 110 Å². The van der Waals surface area contributed by atoms with Gasteiger partial charge in [-0.15, -0.1) is 0 Å². The van der Waals surface area contributed by atoms with Gasteiger partial charge in [0.15, 0.2) is 0 Å². The average molecular weight is 293 g/mol. The molecule has 2 nitrogen and oxygen atoms in total. The Hall–Kier alpha value is -0.900. The maximum Gasteiger partial charge on any atom is 0.0208 e.